The molecule has 2 aromatic carbocycles. The monoisotopic (exact) mass is 370 g/mol. The fourth-order valence-corrected chi connectivity index (χ4v) is 3.48. The summed E-state index contributed by atoms with van der Waals surface area (Å²) in [5.41, 5.74) is 2.70. The van der Waals surface area contributed by atoms with Crippen LogP contribution in [0.3, 0.4) is 0 Å². The van der Waals surface area contributed by atoms with Gasteiger partial charge in [0.05, 0.1) is 0 Å². The van der Waals surface area contributed by atoms with Crippen LogP contribution in [0, 0.1) is 6.92 Å². The van der Waals surface area contributed by atoms with Crippen molar-refractivity contribution in [2.24, 2.45) is 0 Å². The zero-order valence-corrected chi connectivity index (χ0v) is 15.6. The van der Waals surface area contributed by atoms with Gasteiger partial charge in [-0.05, 0) is 67.8 Å². The summed E-state index contributed by atoms with van der Waals surface area (Å²) in [6, 6.07) is 12.3. The van der Waals surface area contributed by atoms with Crippen LogP contribution in [0.5, 0.6) is 0 Å². The van der Waals surface area contributed by atoms with Crippen molar-refractivity contribution in [1.82, 2.24) is 5.32 Å². The van der Waals surface area contributed by atoms with Crippen LogP contribution in [0.15, 0.2) is 42.5 Å². The van der Waals surface area contributed by atoms with Crippen LogP contribution < -0.4 is 10.6 Å². The molecular weight excluding hydrogens is 348 g/mol. The fraction of sp³-hybridized carbons (Fsp3) is 0.333. The minimum atomic E-state index is -0.213. The Labute approximate surface area is 158 Å². The molecule has 1 fully saturated rings. The third-order valence-corrected chi connectivity index (χ3v) is 5.02. The van der Waals surface area contributed by atoms with Gasteiger partial charge in [0.15, 0.2) is 0 Å². The molecule has 2 aromatic rings. The minimum absolute atomic E-state index is 0.0718. The van der Waals surface area contributed by atoms with E-state index in [2.05, 4.69) is 10.6 Å². The third-order valence-electron chi connectivity index (χ3n) is 4.79. The SMILES string of the molecule is Cc1cc(Cl)ccc1NC(=O)c1ccc(C(=O)NC2CCCCC2)cc1. The van der Waals surface area contributed by atoms with E-state index in [4.69, 9.17) is 11.6 Å². The summed E-state index contributed by atoms with van der Waals surface area (Å²) in [6.07, 6.45) is 5.70. The summed E-state index contributed by atoms with van der Waals surface area (Å²) >= 11 is 5.94. The van der Waals surface area contributed by atoms with E-state index in [-0.39, 0.29) is 17.9 Å². The van der Waals surface area contributed by atoms with Gasteiger partial charge >= 0.3 is 0 Å². The Kier molecular flexibility index (Phi) is 5.94. The summed E-state index contributed by atoms with van der Waals surface area (Å²) in [5.74, 6) is -0.285. The molecule has 0 atom stereocenters. The number of rotatable bonds is 4. The first kappa shape index (κ1) is 18.5. The number of hydrogen-bond acceptors (Lipinski definition) is 2. The summed E-state index contributed by atoms with van der Waals surface area (Å²) in [6.45, 7) is 1.89. The van der Waals surface area contributed by atoms with Crippen molar-refractivity contribution >= 4 is 29.1 Å². The van der Waals surface area contributed by atoms with Crippen LogP contribution in [0.25, 0.3) is 0 Å². The molecule has 2 N–H and O–H groups in total. The Balaban J connectivity index is 1.62. The Morgan fingerprint density at radius 2 is 1.54 bits per heavy atom. The highest BCUT2D eigenvalue weighted by molar-refractivity contribution is 6.30. The molecule has 26 heavy (non-hydrogen) atoms. The van der Waals surface area contributed by atoms with Crippen LogP contribution in [0.1, 0.15) is 58.4 Å². The quantitative estimate of drug-likeness (QED) is 0.798. The number of halogens is 1. The first-order valence-electron chi connectivity index (χ1n) is 9.01. The second kappa shape index (κ2) is 8.37. The van der Waals surface area contributed by atoms with Crippen molar-refractivity contribution in [1.29, 1.82) is 0 Å². The molecular formula is C21H23ClN2O2. The van der Waals surface area contributed by atoms with Crippen LogP contribution in [0.2, 0.25) is 5.02 Å². The van der Waals surface area contributed by atoms with Crippen molar-refractivity contribution < 1.29 is 9.59 Å². The molecule has 1 aliphatic rings. The zero-order valence-electron chi connectivity index (χ0n) is 14.8. The van der Waals surface area contributed by atoms with Crippen molar-refractivity contribution in [2.75, 3.05) is 5.32 Å². The van der Waals surface area contributed by atoms with E-state index in [9.17, 15) is 9.59 Å². The maximum atomic E-state index is 12.4. The standard InChI is InChI=1S/C21H23ClN2O2/c1-14-13-17(22)11-12-19(14)24-21(26)16-9-7-15(8-10-16)20(25)23-18-5-3-2-4-6-18/h7-13,18H,2-6H2,1H3,(H,23,25)(H,24,26). The summed E-state index contributed by atoms with van der Waals surface area (Å²) in [7, 11) is 0. The number of anilines is 1. The molecule has 0 unspecified atom stereocenters. The topological polar surface area (TPSA) is 58.2 Å². The van der Waals surface area contributed by atoms with Crippen LogP contribution in [-0.4, -0.2) is 17.9 Å². The van der Waals surface area contributed by atoms with Gasteiger partial charge in [-0.25, -0.2) is 0 Å². The lowest BCUT2D eigenvalue weighted by molar-refractivity contribution is 0.0926. The van der Waals surface area contributed by atoms with Gasteiger partial charge in [-0.3, -0.25) is 9.59 Å². The zero-order chi connectivity index (χ0) is 18.5. The molecule has 1 saturated carbocycles. The number of aryl methyl sites for hydroxylation is 1. The third kappa shape index (κ3) is 4.64. The smallest absolute Gasteiger partial charge is 0.255 e. The van der Waals surface area contributed by atoms with Gasteiger partial charge in [0.25, 0.3) is 11.8 Å². The molecule has 0 aromatic heterocycles. The summed E-state index contributed by atoms with van der Waals surface area (Å²) in [4.78, 5) is 24.7. The van der Waals surface area contributed by atoms with Crippen LogP contribution in [-0.2, 0) is 0 Å². The summed E-state index contributed by atoms with van der Waals surface area (Å²) in [5, 5.41) is 6.59. The number of carbonyl (C=O) groups excluding carboxylic acids is 2. The van der Waals surface area contributed by atoms with Gasteiger partial charge in [0, 0.05) is 27.9 Å². The fourth-order valence-electron chi connectivity index (χ4n) is 3.25. The van der Waals surface area contributed by atoms with Crippen LogP contribution >= 0.6 is 11.6 Å². The molecule has 2 amide bonds. The highest BCUT2D eigenvalue weighted by Gasteiger charge is 2.17. The van der Waals surface area contributed by atoms with Gasteiger partial charge in [-0.15, -0.1) is 0 Å². The Hall–Kier alpha value is -2.33. The number of carbonyl (C=O) groups is 2. The predicted molar refractivity (Wildman–Crippen MR) is 105 cm³/mol. The predicted octanol–water partition coefficient (Wildman–Crippen LogP) is 4.96. The van der Waals surface area contributed by atoms with E-state index < -0.39 is 0 Å². The van der Waals surface area contributed by atoms with Gasteiger partial charge < -0.3 is 10.6 Å². The number of hydrogen-bond donors (Lipinski definition) is 2. The van der Waals surface area contributed by atoms with E-state index in [1.165, 1.54) is 19.3 Å². The molecule has 0 saturated heterocycles. The lowest BCUT2D eigenvalue weighted by Gasteiger charge is -2.22. The average molecular weight is 371 g/mol. The maximum Gasteiger partial charge on any atom is 0.255 e. The lowest BCUT2D eigenvalue weighted by Crippen LogP contribution is -2.36. The molecule has 0 spiro atoms. The molecule has 5 heteroatoms. The molecule has 0 bridgehead atoms. The number of benzene rings is 2. The van der Waals surface area contributed by atoms with E-state index >= 15 is 0 Å². The molecule has 1 aliphatic carbocycles. The van der Waals surface area contributed by atoms with Gasteiger partial charge in [-0.2, -0.15) is 0 Å². The highest BCUT2D eigenvalue weighted by atomic mass is 35.5. The van der Waals surface area contributed by atoms with E-state index in [1.54, 1.807) is 42.5 Å². The molecule has 0 radical (unpaired) electrons. The Morgan fingerprint density at radius 1 is 0.923 bits per heavy atom. The minimum Gasteiger partial charge on any atom is -0.349 e. The van der Waals surface area contributed by atoms with Crippen molar-refractivity contribution in [3.8, 4) is 0 Å². The first-order chi connectivity index (χ1) is 12.5. The summed E-state index contributed by atoms with van der Waals surface area (Å²) < 4.78 is 0. The second-order valence-corrected chi connectivity index (χ2v) is 7.24. The highest BCUT2D eigenvalue weighted by Crippen LogP contribution is 2.21. The maximum absolute atomic E-state index is 12.4. The first-order valence-corrected chi connectivity index (χ1v) is 9.39. The molecule has 3 rings (SSSR count). The largest absolute Gasteiger partial charge is 0.349 e. The van der Waals surface area contributed by atoms with E-state index in [1.807, 2.05) is 6.92 Å². The molecule has 0 aliphatic heterocycles. The molecule has 136 valence electrons. The Bertz CT molecular complexity index is 796. The van der Waals surface area contributed by atoms with Crippen LogP contribution in [0.4, 0.5) is 5.69 Å². The molecule has 0 heterocycles. The van der Waals surface area contributed by atoms with E-state index in [0.717, 1.165) is 24.1 Å². The van der Waals surface area contributed by atoms with Crippen molar-refractivity contribution in [2.45, 2.75) is 45.1 Å². The average Bonchev–Trinajstić information content (AvgIpc) is 2.65. The Morgan fingerprint density at radius 3 is 2.15 bits per heavy atom. The number of nitrogens with one attached hydrogen (secondary N) is 2. The lowest BCUT2D eigenvalue weighted by atomic mass is 9.95. The van der Waals surface area contributed by atoms with Gasteiger partial charge in [0.2, 0.25) is 0 Å². The van der Waals surface area contributed by atoms with Crippen molar-refractivity contribution in [3.63, 3.8) is 0 Å². The van der Waals surface area contributed by atoms with Gasteiger partial charge in [-0.1, -0.05) is 30.9 Å². The molecule has 4 nitrogen and oxygen atoms in total. The van der Waals surface area contributed by atoms with E-state index in [0.29, 0.717) is 16.1 Å². The second-order valence-electron chi connectivity index (χ2n) is 6.80. The normalized spacial score (nSPS) is 14.7. The van der Waals surface area contributed by atoms with Crippen molar-refractivity contribution in [3.05, 3.63) is 64.2 Å². The number of amides is 2. The van der Waals surface area contributed by atoms with Gasteiger partial charge in [0.1, 0.15) is 0 Å².